The highest BCUT2D eigenvalue weighted by molar-refractivity contribution is 6.32. The summed E-state index contributed by atoms with van der Waals surface area (Å²) in [5.41, 5.74) is 0.949. The first-order valence-electron chi connectivity index (χ1n) is 7.90. The van der Waals surface area contributed by atoms with Crippen molar-refractivity contribution in [1.82, 2.24) is 4.90 Å². The van der Waals surface area contributed by atoms with Crippen LogP contribution in [0.2, 0.25) is 5.02 Å². The molecule has 1 aliphatic heterocycles. The van der Waals surface area contributed by atoms with Gasteiger partial charge in [-0.1, -0.05) is 25.4 Å². The Labute approximate surface area is 143 Å². The van der Waals surface area contributed by atoms with Gasteiger partial charge in [0.25, 0.3) is 0 Å². The average Bonchev–Trinajstić information content (AvgIpc) is 2.54. The number of benzene rings is 1. The quantitative estimate of drug-likeness (QED) is 0.826. The van der Waals surface area contributed by atoms with Crippen LogP contribution in [0.3, 0.4) is 0 Å². The van der Waals surface area contributed by atoms with E-state index in [1.165, 1.54) is 0 Å². The Bertz CT molecular complexity index is 555. The van der Waals surface area contributed by atoms with Gasteiger partial charge in [-0.2, -0.15) is 0 Å². The van der Waals surface area contributed by atoms with Crippen molar-refractivity contribution in [2.24, 2.45) is 5.92 Å². The van der Waals surface area contributed by atoms with Gasteiger partial charge in [-0.15, -0.1) is 0 Å². The number of carbonyl (C=O) groups excluding carboxylic acids is 1. The number of amides is 1. The van der Waals surface area contributed by atoms with E-state index in [1.807, 2.05) is 11.0 Å². The van der Waals surface area contributed by atoms with E-state index in [4.69, 9.17) is 21.1 Å². The summed E-state index contributed by atoms with van der Waals surface area (Å²) in [6.45, 7) is 7.12. The van der Waals surface area contributed by atoms with Gasteiger partial charge in [0.05, 0.1) is 24.9 Å². The van der Waals surface area contributed by atoms with E-state index in [9.17, 15) is 4.79 Å². The van der Waals surface area contributed by atoms with Crippen molar-refractivity contribution in [2.45, 2.75) is 20.3 Å². The standard InChI is InChI=1S/C17H25ClN2O3/c1-12(2)9-17(21)20-7-5-19(6-8-20)14-11-15(22-3)13(18)10-16(14)23-4/h10-12H,5-9H2,1-4H3. The SMILES string of the molecule is COc1cc(N2CCN(C(=O)CC(C)C)CC2)c(OC)cc1Cl. The largest absolute Gasteiger partial charge is 0.495 e. The lowest BCUT2D eigenvalue weighted by Gasteiger charge is -2.37. The maximum absolute atomic E-state index is 12.2. The molecule has 128 valence electrons. The molecule has 1 amide bonds. The van der Waals surface area contributed by atoms with Crippen LogP contribution >= 0.6 is 11.6 Å². The molecular weight excluding hydrogens is 316 g/mol. The number of rotatable bonds is 5. The maximum Gasteiger partial charge on any atom is 0.222 e. The fourth-order valence-corrected chi connectivity index (χ4v) is 3.00. The molecule has 0 aromatic heterocycles. The van der Waals surface area contributed by atoms with E-state index in [0.717, 1.165) is 37.6 Å². The molecule has 1 saturated heterocycles. The molecule has 0 aliphatic carbocycles. The minimum Gasteiger partial charge on any atom is -0.495 e. The molecule has 2 rings (SSSR count). The number of piperazine rings is 1. The molecule has 1 heterocycles. The summed E-state index contributed by atoms with van der Waals surface area (Å²) in [5, 5.41) is 0.527. The van der Waals surface area contributed by atoms with Gasteiger partial charge in [-0.05, 0) is 5.92 Å². The van der Waals surface area contributed by atoms with Crippen molar-refractivity contribution in [3.8, 4) is 11.5 Å². The summed E-state index contributed by atoms with van der Waals surface area (Å²) in [4.78, 5) is 16.3. The first-order chi connectivity index (χ1) is 11.0. The number of ether oxygens (including phenoxy) is 2. The van der Waals surface area contributed by atoms with E-state index in [0.29, 0.717) is 23.1 Å². The second kappa shape index (κ2) is 7.77. The Morgan fingerprint density at radius 3 is 2.26 bits per heavy atom. The third-order valence-corrected chi connectivity index (χ3v) is 4.30. The molecule has 1 aromatic rings. The van der Waals surface area contributed by atoms with Crippen LogP contribution in [0.15, 0.2) is 12.1 Å². The van der Waals surface area contributed by atoms with Crippen LogP contribution in [0.1, 0.15) is 20.3 Å². The molecule has 5 nitrogen and oxygen atoms in total. The number of hydrogen-bond donors (Lipinski definition) is 0. The highest BCUT2D eigenvalue weighted by atomic mass is 35.5. The fourth-order valence-electron chi connectivity index (χ4n) is 2.77. The lowest BCUT2D eigenvalue weighted by Crippen LogP contribution is -2.49. The van der Waals surface area contributed by atoms with Crippen molar-refractivity contribution in [3.05, 3.63) is 17.2 Å². The molecule has 1 aromatic carbocycles. The van der Waals surface area contributed by atoms with Gasteiger partial charge in [-0.3, -0.25) is 4.79 Å². The Balaban J connectivity index is 2.09. The number of carbonyl (C=O) groups is 1. The van der Waals surface area contributed by atoms with E-state index in [1.54, 1.807) is 20.3 Å². The predicted molar refractivity (Wildman–Crippen MR) is 92.8 cm³/mol. The highest BCUT2D eigenvalue weighted by Crippen LogP contribution is 2.38. The molecule has 0 bridgehead atoms. The average molecular weight is 341 g/mol. The molecule has 0 radical (unpaired) electrons. The lowest BCUT2D eigenvalue weighted by atomic mass is 10.1. The van der Waals surface area contributed by atoms with E-state index < -0.39 is 0 Å². The van der Waals surface area contributed by atoms with Gasteiger partial charge < -0.3 is 19.3 Å². The Morgan fingerprint density at radius 1 is 1.13 bits per heavy atom. The maximum atomic E-state index is 12.2. The zero-order chi connectivity index (χ0) is 17.0. The molecule has 0 spiro atoms. The molecule has 1 aliphatic rings. The Kier molecular flexibility index (Phi) is 5.99. The molecule has 0 N–H and O–H groups in total. The van der Waals surface area contributed by atoms with Crippen LogP contribution in [0.4, 0.5) is 5.69 Å². The second-order valence-electron chi connectivity index (χ2n) is 6.12. The highest BCUT2D eigenvalue weighted by Gasteiger charge is 2.24. The molecule has 1 fully saturated rings. The number of nitrogens with zero attached hydrogens (tertiary/aromatic N) is 2. The first-order valence-corrected chi connectivity index (χ1v) is 8.28. The van der Waals surface area contributed by atoms with Gasteiger partial charge in [0.1, 0.15) is 11.5 Å². The van der Waals surface area contributed by atoms with E-state index >= 15 is 0 Å². The minimum atomic E-state index is 0.236. The Hall–Kier alpha value is -1.62. The molecule has 0 atom stereocenters. The third-order valence-electron chi connectivity index (χ3n) is 4.01. The summed E-state index contributed by atoms with van der Waals surface area (Å²) in [6, 6.07) is 3.67. The van der Waals surface area contributed by atoms with Crippen molar-refractivity contribution in [3.63, 3.8) is 0 Å². The number of hydrogen-bond acceptors (Lipinski definition) is 4. The number of methoxy groups -OCH3 is 2. The predicted octanol–water partition coefficient (Wildman–Crippen LogP) is 3.05. The van der Waals surface area contributed by atoms with Gasteiger partial charge in [0.15, 0.2) is 0 Å². The zero-order valence-corrected chi connectivity index (χ0v) is 15.0. The molecular formula is C17H25ClN2O3. The van der Waals surface area contributed by atoms with Gasteiger partial charge in [-0.25, -0.2) is 0 Å². The molecule has 0 saturated carbocycles. The summed E-state index contributed by atoms with van der Waals surface area (Å²) in [7, 11) is 3.23. The minimum absolute atomic E-state index is 0.236. The third kappa shape index (κ3) is 4.22. The zero-order valence-electron chi connectivity index (χ0n) is 14.3. The van der Waals surface area contributed by atoms with Crippen LogP contribution in [0, 0.1) is 5.92 Å². The monoisotopic (exact) mass is 340 g/mol. The van der Waals surface area contributed by atoms with Crippen LogP contribution in [-0.4, -0.2) is 51.2 Å². The first kappa shape index (κ1) is 17.7. The molecule has 0 unspecified atom stereocenters. The summed E-state index contributed by atoms with van der Waals surface area (Å²) < 4.78 is 10.7. The normalized spacial score (nSPS) is 15.0. The molecule has 23 heavy (non-hydrogen) atoms. The van der Waals surface area contributed by atoms with Gasteiger partial charge >= 0.3 is 0 Å². The smallest absolute Gasteiger partial charge is 0.222 e. The van der Waals surface area contributed by atoms with Gasteiger partial charge in [0.2, 0.25) is 5.91 Å². The summed E-state index contributed by atoms with van der Waals surface area (Å²) in [5.74, 6) is 1.97. The van der Waals surface area contributed by atoms with Crippen molar-refractivity contribution in [2.75, 3.05) is 45.3 Å². The number of halogens is 1. The van der Waals surface area contributed by atoms with Crippen molar-refractivity contribution in [1.29, 1.82) is 0 Å². The van der Waals surface area contributed by atoms with Crippen molar-refractivity contribution >= 4 is 23.2 Å². The van der Waals surface area contributed by atoms with E-state index in [-0.39, 0.29) is 5.91 Å². The van der Waals surface area contributed by atoms with Crippen LogP contribution < -0.4 is 14.4 Å². The van der Waals surface area contributed by atoms with Gasteiger partial charge in [0, 0.05) is 44.7 Å². The summed E-state index contributed by atoms with van der Waals surface area (Å²) >= 11 is 6.16. The van der Waals surface area contributed by atoms with E-state index in [2.05, 4.69) is 18.7 Å². The number of anilines is 1. The van der Waals surface area contributed by atoms with Crippen molar-refractivity contribution < 1.29 is 14.3 Å². The second-order valence-corrected chi connectivity index (χ2v) is 6.53. The summed E-state index contributed by atoms with van der Waals surface area (Å²) in [6.07, 6.45) is 0.609. The topological polar surface area (TPSA) is 42.0 Å². The molecule has 6 heteroatoms. The van der Waals surface area contributed by atoms with Crippen LogP contribution in [0.5, 0.6) is 11.5 Å². The lowest BCUT2D eigenvalue weighted by molar-refractivity contribution is -0.132. The Morgan fingerprint density at radius 2 is 1.74 bits per heavy atom. The fraction of sp³-hybridized carbons (Fsp3) is 0.588. The van der Waals surface area contributed by atoms with Crippen LogP contribution in [0.25, 0.3) is 0 Å². The van der Waals surface area contributed by atoms with Crippen LogP contribution in [-0.2, 0) is 4.79 Å².